The van der Waals surface area contributed by atoms with Gasteiger partial charge in [-0.2, -0.15) is 0 Å². The average Bonchev–Trinajstić information content (AvgIpc) is 2.74. The molecule has 0 bridgehead atoms. The molecule has 1 aliphatic carbocycles. The fraction of sp³-hybridized carbons (Fsp3) is 0.231. The quantitative estimate of drug-likeness (QED) is 0.868. The number of allylic oxidation sites excluding steroid dienone is 1. The number of rotatable bonds is 3. The minimum absolute atomic E-state index is 0.0176. The van der Waals surface area contributed by atoms with Crippen LogP contribution in [0.2, 0.25) is 0 Å². The van der Waals surface area contributed by atoms with Crippen molar-refractivity contribution in [3.63, 3.8) is 0 Å². The van der Waals surface area contributed by atoms with Crippen LogP contribution in [0.4, 0.5) is 10.5 Å². The van der Waals surface area contributed by atoms with Crippen molar-refractivity contribution >= 4 is 17.6 Å². The van der Waals surface area contributed by atoms with Gasteiger partial charge in [0.1, 0.15) is 0 Å². The zero-order valence-corrected chi connectivity index (χ0v) is 9.26. The Labute approximate surface area is 99.3 Å². The summed E-state index contributed by atoms with van der Waals surface area (Å²) in [5.41, 5.74) is 0.690. The summed E-state index contributed by atoms with van der Waals surface area (Å²) in [6.07, 6.45) is 3.24. The first kappa shape index (κ1) is 11.4. The molecule has 0 fully saturated rings. The van der Waals surface area contributed by atoms with Gasteiger partial charge in [-0.1, -0.05) is 24.3 Å². The van der Waals surface area contributed by atoms with Gasteiger partial charge in [0.15, 0.2) is 5.78 Å². The van der Waals surface area contributed by atoms with E-state index in [1.54, 1.807) is 18.2 Å². The average molecular weight is 231 g/mol. The summed E-state index contributed by atoms with van der Waals surface area (Å²) in [7, 11) is 0. The molecule has 4 nitrogen and oxygen atoms in total. The summed E-state index contributed by atoms with van der Waals surface area (Å²) in [6, 6.07) is 9.08. The molecule has 0 aromatic heterocycles. The highest BCUT2D eigenvalue weighted by Gasteiger charge is 2.17. The van der Waals surface area contributed by atoms with Crippen LogP contribution in [0.15, 0.2) is 42.5 Å². The number of carbonyl (C=O) groups is 2. The molecule has 88 valence electrons. The van der Waals surface area contributed by atoms with Crippen LogP contribution in [0.5, 0.6) is 0 Å². The van der Waals surface area contributed by atoms with E-state index in [0.717, 1.165) is 0 Å². The number of para-hydroxylation sites is 1. The third kappa shape index (κ3) is 3.45. The highest BCUT2D eigenvalue weighted by atomic mass is 16.5. The second kappa shape index (κ2) is 5.30. The van der Waals surface area contributed by atoms with E-state index < -0.39 is 6.09 Å². The normalized spacial score (nSPS) is 18.1. The van der Waals surface area contributed by atoms with E-state index in [-0.39, 0.29) is 18.3 Å². The van der Waals surface area contributed by atoms with Crippen LogP contribution in [0, 0.1) is 5.92 Å². The number of ketones is 1. The lowest BCUT2D eigenvalue weighted by atomic mass is 10.1. The molecule has 1 amide bonds. The van der Waals surface area contributed by atoms with Crippen LogP contribution in [-0.4, -0.2) is 18.5 Å². The molecule has 2 rings (SSSR count). The first-order chi connectivity index (χ1) is 8.24. The molecule has 0 heterocycles. The van der Waals surface area contributed by atoms with E-state index in [1.165, 1.54) is 6.08 Å². The van der Waals surface area contributed by atoms with Crippen LogP contribution in [0.3, 0.4) is 0 Å². The number of benzene rings is 1. The second-order valence-electron chi connectivity index (χ2n) is 3.88. The molecular formula is C13H13NO3. The van der Waals surface area contributed by atoms with Gasteiger partial charge in [0.2, 0.25) is 0 Å². The molecule has 1 aromatic rings. The Morgan fingerprint density at radius 2 is 2.12 bits per heavy atom. The number of anilines is 1. The summed E-state index contributed by atoms with van der Waals surface area (Å²) < 4.78 is 5.02. The van der Waals surface area contributed by atoms with Gasteiger partial charge in [0, 0.05) is 18.0 Å². The lowest BCUT2D eigenvalue weighted by molar-refractivity contribution is -0.114. The third-order valence-corrected chi connectivity index (χ3v) is 2.47. The first-order valence-corrected chi connectivity index (χ1v) is 5.44. The van der Waals surface area contributed by atoms with Gasteiger partial charge in [-0.05, 0) is 18.2 Å². The van der Waals surface area contributed by atoms with Gasteiger partial charge < -0.3 is 4.74 Å². The Bertz CT molecular complexity index is 439. The van der Waals surface area contributed by atoms with Crippen LogP contribution in [0.1, 0.15) is 6.42 Å². The molecule has 0 aliphatic heterocycles. The van der Waals surface area contributed by atoms with E-state index in [4.69, 9.17) is 4.74 Å². The maximum Gasteiger partial charge on any atom is 0.411 e. The minimum atomic E-state index is -0.496. The topological polar surface area (TPSA) is 55.4 Å². The Balaban J connectivity index is 1.75. The number of nitrogens with one attached hydrogen (secondary N) is 1. The maximum atomic E-state index is 11.4. The summed E-state index contributed by atoms with van der Waals surface area (Å²) in [4.78, 5) is 22.4. The highest BCUT2D eigenvalue weighted by Crippen LogP contribution is 2.14. The number of carbonyl (C=O) groups excluding carboxylic acids is 2. The fourth-order valence-corrected chi connectivity index (χ4v) is 1.61. The summed E-state index contributed by atoms with van der Waals surface area (Å²) >= 11 is 0. The maximum absolute atomic E-state index is 11.4. The molecular weight excluding hydrogens is 218 g/mol. The van der Waals surface area contributed by atoms with Crippen molar-refractivity contribution in [1.82, 2.24) is 0 Å². The largest absolute Gasteiger partial charge is 0.449 e. The lowest BCUT2D eigenvalue weighted by Crippen LogP contribution is -2.17. The second-order valence-corrected chi connectivity index (χ2v) is 3.88. The van der Waals surface area contributed by atoms with E-state index >= 15 is 0 Å². The van der Waals surface area contributed by atoms with Gasteiger partial charge in [-0.3, -0.25) is 10.1 Å². The van der Waals surface area contributed by atoms with E-state index in [2.05, 4.69) is 5.32 Å². The van der Waals surface area contributed by atoms with Gasteiger partial charge >= 0.3 is 6.09 Å². The molecule has 1 aliphatic rings. The zero-order valence-electron chi connectivity index (χ0n) is 9.26. The van der Waals surface area contributed by atoms with Crippen molar-refractivity contribution in [2.75, 3.05) is 11.9 Å². The summed E-state index contributed by atoms with van der Waals surface area (Å²) in [6.45, 7) is 0.237. The lowest BCUT2D eigenvalue weighted by Gasteiger charge is -2.09. The number of amides is 1. The molecule has 0 radical (unpaired) electrons. The molecule has 17 heavy (non-hydrogen) atoms. The molecule has 0 saturated heterocycles. The molecule has 0 spiro atoms. The summed E-state index contributed by atoms with van der Waals surface area (Å²) in [5, 5.41) is 2.61. The Morgan fingerprint density at radius 1 is 1.35 bits per heavy atom. The van der Waals surface area contributed by atoms with Gasteiger partial charge in [0.25, 0.3) is 0 Å². The van der Waals surface area contributed by atoms with Crippen LogP contribution >= 0.6 is 0 Å². The van der Waals surface area contributed by atoms with E-state index in [0.29, 0.717) is 12.1 Å². The predicted molar refractivity (Wildman–Crippen MR) is 63.7 cm³/mol. The van der Waals surface area contributed by atoms with Crippen molar-refractivity contribution < 1.29 is 14.3 Å². The van der Waals surface area contributed by atoms with Gasteiger partial charge in [-0.25, -0.2) is 4.79 Å². The van der Waals surface area contributed by atoms with E-state index in [9.17, 15) is 9.59 Å². The van der Waals surface area contributed by atoms with Crippen molar-refractivity contribution in [1.29, 1.82) is 0 Å². The number of ether oxygens (including phenoxy) is 1. The van der Waals surface area contributed by atoms with Crippen molar-refractivity contribution in [2.24, 2.45) is 5.92 Å². The molecule has 1 unspecified atom stereocenters. The van der Waals surface area contributed by atoms with Gasteiger partial charge in [0.05, 0.1) is 6.61 Å². The predicted octanol–water partition coefficient (Wildman–Crippen LogP) is 2.38. The zero-order chi connectivity index (χ0) is 12.1. The molecule has 1 atom stereocenters. The van der Waals surface area contributed by atoms with Gasteiger partial charge in [-0.15, -0.1) is 0 Å². The standard InChI is InChI=1S/C13H13NO3/c15-12-7-6-10(8-12)9-17-13(16)14-11-4-2-1-3-5-11/h1-7,10H,8-9H2,(H,14,16). The molecule has 1 aromatic carbocycles. The van der Waals surface area contributed by atoms with Crippen molar-refractivity contribution in [3.05, 3.63) is 42.5 Å². The Kier molecular flexibility index (Phi) is 3.55. The van der Waals surface area contributed by atoms with Crippen LogP contribution in [-0.2, 0) is 9.53 Å². The minimum Gasteiger partial charge on any atom is -0.449 e. The smallest absolute Gasteiger partial charge is 0.411 e. The highest BCUT2D eigenvalue weighted by molar-refractivity contribution is 5.92. The summed E-state index contributed by atoms with van der Waals surface area (Å²) in [5.74, 6) is 0.103. The first-order valence-electron chi connectivity index (χ1n) is 5.44. The molecule has 1 N–H and O–H groups in total. The Hall–Kier alpha value is -2.10. The van der Waals surface area contributed by atoms with Crippen LogP contribution < -0.4 is 5.32 Å². The molecule has 0 saturated carbocycles. The van der Waals surface area contributed by atoms with E-state index in [1.807, 2.05) is 18.2 Å². The number of hydrogen-bond donors (Lipinski definition) is 1. The Morgan fingerprint density at radius 3 is 2.76 bits per heavy atom. The monoisotopic (exact) mass is 231 g/mol. The molecule has 4 heteroatoms. The third-order valence-electron chi connectivity index (χ3n) is 2.47. The van der Waals surface area contributed by atoms with Crippen LogP contribution in [0.25, 0.3) is 0 Å². The number of hydrogen-bond acceptors (Lipinski definition) is 3. The van der Waals surface area contributed by atoms with Crippen molar-refractivity contribution in [2.45, 2.75) is 6.42 Å². The SMILES string of the molecule is O=C1C=CC(COC(=O)Nc2ccccc2)C1. The fourth-order valence-electron chi connectivity index (χ4n) is 1.61. The van der Waals surface area contributed by atoms with Crippen molar-refractivity contribution in [3.8, 4) is 0 Å².